The highest BCUT2D eigenvalue weighted by molar-refractivity contribution is 5.93. The highest BCUT2D eigenvalue weighted by Gasteiger charge is 2.71. The molecule has 2 saturated carbocycles. The fourth-order valence-electron chi connectivity index (χ4n) is 6.02. The highest BCUT2D eigenvalue weighted by Crippen LogP contribution is 2.60. The molecule has 2 aliphatic heterocycles. The van der Waals surface area contributed by atoms with Crippen LogP contribution in [0.1, 0.15) is 67.6 Å². The van der Waals surface area contributed by atoms with Gasteiger partial charge in [0.05, 0.1) is 11.6 Å². The van der Waals surface area contributed by atoms with Gasteiger partial charge in [0.1, 0.15) is 17.0 Å². The summed E-state index contributed by atoms with van der Waals surface area (Å²) >= 11 is 0. The van der Waals surface area contributed by atoms with Crippen LogP contribution in [0.15, 0.2) is 18.2 Å². The van der Waals surface area contributed by atoms with Gasteiger partial charge in [-0.1, -0.05) is 12.1 Å². The van der Waals surface area contributed by atoms with E-state index in [2.05, 4.69) is 10.6 Å². The second-order valence-electron chi connectivity index (χ2n) is 11.6. The van der Waals surface area contributed by atoms with E-state index in [9.17, 15) is 41.2 Å². The van der Waals surface area contributed by atoms with Gasteiger partial charge in [-0.3, -0.25) is 9.59 Å². The minimum Gasteiger partial charge on any atom is -0.336 e. The third-order valence-electron chi connectivity index (χ3n) is 8.92. The summed E-state index contributed by atoms with van der Waals surface area (Å²) in [5.41, 5.74) is -6.78. The van der Waals surface area contributed by atoms with Crippen molar-refractivity contribution in [3.05, 3.63) is 34.9 Å². The number of nitrogens with zero attached hydrogens (tertiary/aromatic N) is 2. The Morgan fingerprint density at radius 1 is 0.976 bits per heavy atom. The van der Waals surface area contributed by atoms with E-state index >= 15 is 8.78 Å². The van der Waals surface area contributed by atoms with Crippen molar-refractivity contribution in [3.63, 3.8) is 0 Å². The van der Waals surface area contributed by atoms with Crippen LogP contribution in [0.3, 0.4) is 0 Å². The maximum absolute atomic E-state index is 16.0. The van der Waals surface area contributed by atoms with Crippen LogP contribution in [0.5, 0.6) is 0 Å². The van der Waals surface area contributed by atoms with Gasteiger partial charge in [0.25, 0.3) is 5.92 Å². The van der Waals surface area contributed by atoms with Gasteiger partial charge in [0, 0.05) is 18.0 Å². The molecule has 1 unspecified atom stereocenters. The first-order valence-corrected chi connectivity index (χ1v) is 13.5. The van der Waals surface area contributed by atoms with E-state index in [1.165, 1.54) is 6.07 Å². The number of hydrogen-bond donors (Lipinski definition) is 2. The number of likely N-dealkylation sites (tertiary alicyclic amines) is 1. The summed E-state index contributed by atoms with van der Waals surface area (Å²) in [5.74, 6) is -9.21. The van der Waals surface area contributed by atoms with E-state index in [1.807, 2.05) is 6.07 Å². The van der Waals surface area contributed by atoms with Crippen LogP contribution in [0.25, 0.3) is 0 Å². The van der Waals surface area contributed by atoms with E-state index in [1.54, 1.807) is 0 Å². The largest absolute Gasteiger partial charge is 0.416 e. The van der Waals surface area contributed by atoms with E-state index in [4.69, 9.17) is 0 Å². The Kier molecular flexibility index (Phi) is 7.07. The number of hydrogen-bond acceptors (Lipinski definition) is 4. The van der Waals surface area contributed by atoms with Gasteiger partial charge in [-0.25, -0.2) is 8.78 Å². The lowest BCUT2D eigenvalue weighted by atomic mass is 9.84. The molecule has 6 nitrogen and oxygen atoms in total. The zero-order valence-corrected chi connectivity index (χ0v) is 21.8. The van der Waals surface area contributed by atoms with Crippen molar-refractivity contribution in [1.29, 1.82) is 5.26 Å². The number of halogens is 8. The molecule has 41 heavy (non-hydrogen) atoms. The zero-order chi connectivity index (χ0) is 30.0. The van der Waals surface area contributed by atoms with E-state index < -0.39 is 89.9 Å². The molecule has 2 atom stereocenters. The van der Waals surface area contributed by atoms with Crippen molar-refractivity contribution in [2.24, 2.45) is 11.3 Å². The number of carbonyl (C=O) groups is 2. The van der Waals surface area contributed by atoms with Crippen LogP contribution in [0.2, 0.25) is 0 Å². The molecular formula is C27H28F8N4O2. The number of benzene rings is 1. The zero-order valence-electron chi connectivity index (χ0n) is 21.8. The average molecular weight is 593 g/mol. The molecule has 224 valence electrons. The third-order valence-corrected chi connectivity index (χ3v) is 8.92. The summed E-state index contributed by atoms with van der Waals surface area (Å²) in [4.78, 5) is 26.6. The standard InChI is InChI=1S/C27H28F8N4O2/c28-25(29,18-2-1-16(11-19(18)26(30,31)32)15-3-9-37-10-4-15)17-12-20(21(40)38-23(14-36)5-6-23)39(13-17)22(41)24(7-8-24)27(33,34)35/h1-2,11,15,17,20,37H,3-10,12-13H2,(H,38,40)/t17?,20-/m0/s1. The number of nitriles is 1. The minimum atomic E-state index is -5.16. The molecule has 2 N–H and O–H groups in total. The van der Waals surface area contributed by atoms with Crippen molar-refractivity contribution in [2.45, 2.75) is 80.7 Å². The molecular weight excluding hydrogens is 564 g/mol. The van der Waals surface area contributed by atoms with Crippen LogP contribution < -0.4 is 10.6 Å². The first-order valence-electron chi connectivity index (χ1n) is 13.5. The summed E-state index contributed by atoms with van der Waals surface area (Å²) in [6, 6.07) is 2.66. The minimum absolute atomic E-state index is 0.236. The quantitative estimate of drug-likeness (QED) is 0.456. The average Bonchev–Trinajstić information content (AvgIpc) is 3.84. The molecule has 1 aromatic rings. The first kappa shape index (κ1) is 29.5. The molecule has 4 aliphatic rings. The molecule has 0 bridgehead atoms. The number of rotatable bonds is 6. The summed E-state index contributed by atoms with van der Waals surface area (Å²) in [5, 5.41) is 14.7. The predicted octanol–water partition coefficient (Wildman–Crippen LogP) is 5.00. The Bertz CT molecular complexity index is 1260. The lowest BCUT2D eigenvalue weighted by Crippen LogP contribution is -2.53. The molecule has 2 heterocycles. The number of alkyl halides is 8. The Morgan fingerprint density at radius 2 is 1.61 bits per heavy atom. The summed E-state index contributed by atoms with van der Waals surface area (Å²) < 4.78 is 116. The van der Waals surface area contributed by atoms with E-state index in [-0.39, 0.29) is 24.3 Å². The van der Waals surface area contributed by atoms with E-state index in [0.717, 1.165) is 0 Å². The van der Waals surface area contributed by atoms with Gasteiger partial charge in [-0.2, -0.15) is 31.6 Å². The number of amides is 2. The van der Waals surface area contributed by atoms with Gasteiger partial charge in [0.2, 0.25) is 11.8 Å². The Balaban J connectivity index is 1.48. The first-order chi connectivity index (χ1) is 19.0. The van der Waals surface area contributed by atoms with E-state index in [0.29, 0.717) is 43.0 Å². The molecule has 2 aliphatic carbocycles. The van der Waals surface area contributed by atoms with Crippen molar-refractivity contribution in [2.75, 3.05) is 19.6 Å². The molecule has 5 rings (SSSR count). The maximum atomic E-state index is 16.0. The topological polar surface area (TPSA) is 85.2 Å². The summed E-state index contributed by atoms with van der Waals surface area (Å²) in [7, 11) is 0. The fourth-order valence-corrected chi connectivity index (χ4v) is 6.02. The summed E-state index contributed by atoms with van der Waals surface area (Å²) in [6.07, 6.45) is -10.7. The molecule has 0 radical (unpaired) electrons. The van der Waals surface area contributed by atoms with Crippen LogP contribution in [-0.2, 0) is 21.7 Å². The van der Waals surface area contributed by atoms with Crippen LogP contribution in [0, 0.1) is 22.7 Å². The lowest BCUT2D eigenvalue weighted by molar-refractivity contribution is -0.199. The lowest BCUT2D eigenvalue weighted by Gasteiger charge is -2.30. The van der Waals surface area contributed by atoms with Gasteiger partial charge in [-0.15, -0.1) is 0 Å². The fraction of sp³-hybridized carbons (Fsp3) is 0.667. The molecule has 0 aromatic heterocycles. The third kappa shape index (κ3) is 5.26. The highest BCUT2D eigenvalue weighted by atomic mass is 19.4. The predicted molar refractivity (Wildman–Crippen MR) is 127 cm³/mol. The SMILES string of the molecule is N#CC1(NC(=O)[C@@H]2CC(C(F)(F)c3ccc(C4CCNCC4)cc3C(F)(F)F)CN2C(=O)C2(C(F)(F)F)CC2)CC1. The normalized spacial score (nSPS) is 25.9. The molecule has 1 aromatic carbocycles. The molecule has 0 spiro atoms. The van der Waals surface area contributed by atoms with Crippen LogP contribution in [0.4, 0.5) is 35.1 Å². The van der Waals surface area contributed by atoms with Crippen molar-refractivity contribution in [1.82, 2.24) is 15.5 Å². The molecule has 2 saturated heterocycles. The van der Waals surface area contributed by atoms with Crippen LogP contribution in [-0.4, -0.2) is 54.1 Å². The number of carbonyl (C=O) groups excluding carboxylic acids is 2. The monoisotopic (exact) mass is 592 g/mol. The van der Waals surface area contributed by atoms with Crippen LogP contribution >= 0.6 is 0 Å². The van der Waals surface area contributed by atoms with Crippen molar-refractivity contribution < 1.29 is 44.7 Å². The Labute approximate surface area is 230 Å². The molecule has 14 heteroatoms. The van der Waals surface area contributed by atoms with Crippen molar-refractivity contribution >= 4 is 11.8 Å². The molecule has 2 amide bonds. The van der Waals surface area contributed by atoms with Crippen molar-refractivity contribution in [3.8, 4) is 6.07 Å². The van der Waals surface area contributed by atoms with Gasteiger partial charge in [0.15, 0.2) is 0 Å². The number of nitrogens with one attached hydrogen (secondary N) is 2. The number of piperidine rings is 1. The smallest absolute Gasteiger partial charge is 0.336 e. The maximum Gasteiger partial charge on any atom is 0.416 e. The second kappa shape index (κ2) is 9.81. The van der Waals surface area contributed by atoms with Gasteiger partial charge < -0.3 is 15.5 Å². The van der Waals surface area contributed by atoms with Gasteiger partial charge >= 0.3 is 12.4 Å². The van der Waals surface area contributed by atoms with Gasteiger partial charge in [-0.05, 0) is 75.6 Å². The Morgan fingerprint density at radius 3 is 2.12 bits per heavy atom. The second-order valence-corrected chi connectivity index (χ2v) is 11.6. The Hall–Kier alpha value is -2.95. The molecule has 4 fully saturated rings. The summed E-state index contributed by atoms with van der Waals surface area (Å²) in [6.45, 7) is 0.0757.